The molecule has 1 heterocycles. The largest absolute Gasteiger partial charge is 0.339 e. The van der Waals surface area contributed by atoms with Gasteiger partial charge >= 0.3 is 6.03 Å². The molecule has 1 aliphatic heterocycles. The van der Waals surface area contributed by atoms with Crippen molar-refractivity contribution in [1.82, 2.24) is 15.1 Å². The summed E-state index contributed by atoms with van der Waals surface area (Å²) in [6.45, 7) is 6.99. The van der Waals surface area contributed by atoms with E-state index in [0.29, 0.717) is 39.1 Å². The molecule has 0 bridgehead atoms. The van der Waals surface area contributed by atoms with Gasteiger partial charge in [-0.15, -0.1) is 0 Å². The number of carbonyl (C=O) groups is 2. The second-order valence-electron chi connectivity index (χ2n) is 5.07. The van der Waals surface area contributed by atoms with E-state index in [-0.39, 0.29) is 18.0 Å². The predicted molar refractivity (Wildman–Crippen MR) is 74.7 cm³/mol. The van der Waals surface area contributed by atoms with Crippen LogP contribution in [0.5, 0.6) is 0 Å². The van der Waals surface area contributed by atoms with Gasteiger partial charge in [-0.3, -0.25) is 4.79 Å². The molecule has 1 rings (SSSR count). The first-order chi connectivity index (χ1) is 9.04. The van der Waals surface area contributed by atoms with E-state index in [0.717, 1.165) is 12.8 Å². The summed E-state index contributed by atoms with van der Waals surface area (Å²) in [5, 5.41) is 2.78. The Morgan fingerprint density at radius 2 is 1.79 bits per heavy atom. The molecule has 1 atom stereocenters. The second-order valence-corrected chi connectivity index (χ2v) is 5.07. The highest BCUT2D eigenvalue weighted by Crippen LogP contribution is 2.07. The van der Waals surface area contributed by atoms with Crippen LogP contribution in [0.4, 0.5) is 4.79 Å². The molecule has 0 spiro atoms. The molecule has 1 unspecified atom stereocenters. The summed E-state index contributed by atoms with van der Waals surface area (Å²) < 4.78 is 0. The van der Waals surface area contributed by atoms with Gasteiger partial charge in [0.15, 0.2) is 0 Å². The van der Waals surface area contributed by atoms with E-state index in [2.05, 4.69) is 5.32 Å². The van der Waals surface area contributed by atoms with Crippen molar-refractivity contribution >= 4 is 11.9 Å². The minimum atomic E-state index is -0.0356. The smallest absolute Gasteiger partial charge is 0.317 e. The van der Waals surface area contributed by atoms with Gasteiger partial charge in [0.05, 0.1) is 0 Å². The summed E-state index contributed by atoms with van der Waals surface area (Å²) >= 11 is 0. The average molecular weight is 270 g/mol. The van der Waals surface area contributed by atoms with Gasteiger partial charge in [-0.1, -0.05) is 0 Å². The van der Waals surface area contributed by atoms with Crippen LogP contribution in [0.3, 0.4) is 0 Å². The Kier molecular flexibility index (Phi) is 6.62. The van der Waals surface area contributed by atoms with Crippen molar-refractivity contribution in [2.45, 2.75) is 39.2 Å². The van der Waals surface area contributed by atoms with Gasteiger partial charge in [0.2, 0.25) is 5.91 Å². The number of amides is 3. The summed E-state index contributed by atoms with van der Waals surface area (Å²) in [4.78, 5) is 27.2. The number of piperazine rings is 1. The van der Waals surface area contributed by atoms with Crippen LogP contribution in [0.25, 0.3) is 0 Å². The van der Waals surface area contributed by atoms with Crippen molar-refractivity contribution in [2.75, 3.05) is 32.7 Å². The summed E-state index contributed by atoms with van der Waals surface area (Å²) in [7, 11) is 0. The second kappa shape index (κ2) is 7.99. The molecule has 1 fully saturated rings. The Morgan fingerprint density at radius 3 is 2.32 bits per heavy atom. The monoisotopic (exact) mass is 270 g/mol. The average Bonchev–Trinajstić information content (AvgIpc) is 2.38. The highest BCUT2D eigenvalue weighted by Gasteiger charge is 2.23. The summed E-state index contributed by atoms with van der Waals surface area (Å²) in [5.74, 6) is 0.177. The molecule has 0 radical (unpaired) electrons. The first-order valence-electron chi connectivity index (χ1n) is 7.10. The first kappa shape index (κ1) is 15.8. The van der Waals surface area contributed by atoms with Gasteiger partial charge in [0.1, 0.15) is 0 Å². The number of carbonyl (C=O) groups excluding carboxylic acids is 2. The van der Waals surface area contributed by atoms with Crippen molar-refractivity contribution in [1.29, 1.82) is 0 Å². The highest BCUT2D eigenvalue weighted by molar-refractivity contribution is 5.77. The van der Waals surface area contributed by atoms with E-state index < -0.39 is 0 Å². The van der Waals surface area contributed by atoms with E-state index in [1.165, 1.54) is 0 Å². The Bertz CT molecular complexity index is 299. The standard InChI is InChI=1S/C13H26N4O2/c1-3-15-13(19)17-9-7-16(8-10-17)12(18)6-4-5-11(2)14/h11H,3-10,14H2,1-2H3,(H,15,19). The van der Waals surface area contributed by atoms with Crippen LogP contribution in [0, 0.1) is 0 Å². The van der Waals surface area contributed by atoms with Gasteiger partial charge in [0, 0.05) is 45.2 Å². The Morgan fingerprint density at radius 1 is 1.21 bits per heavy atom. The molecule has 1 aliphatic rings. The Hall–Kier alpha value is -1.30. The van der Waals surface area contributed by atoms with Crippen LogP contribution in [0.1, 0.15) is 33.1 Å². The number of nitrogens with two attached hydrogens (primary N) is 1. The zero-order valence-electron chi connectivity index (χ0n) is 12.0. The van der Waals surface area contributed by atoms with E-state index in [1.54, 1.807) is 4.90 Å². The summed E-state index contributed by atoms with van der Waals surface area (Å²) in [6.07, 6.45) is 2.28. The fraction of sp³-hybridized carbons (Fsp3) is 0.846. The predicted octanol–water partition coefficient (Wildman–Crippen LogP) is 0.378. The topological polar surface area (TPSA) is 78.7 Å². The number of hydrogen-bond acceptors (Lipinski definition) is 3. The highest BCUT2D eigenvalue weighted by atomic mass is 16.2. The fourth-order valence-electron chi connectivity index (χ4n) is 2.16. The van der Waals surface area contributed by atoms with Crippen LogP contribution in [-0.2, 0) is 4.79 Å². The van der Waals surface area contributed by atoms with E-state index >= 15 is 0 Å². The zero-order valence-corrected chi connectivity index (χ0v) is 12.0. The SMILES string of the molecule is CCNC(=O)N1CCN(C(=O)CCCC(C)N)CC1. The molecule has 0 saturated carbocycles. The van der Waals surface area contributed by atoms with Crippen molar-refractivity contribution < 1.29 is 9.59 Å². The van der Waals surface area contributed by atoms with Gasteiger partial charge in [-0.25, -0.2) is 4.79 Å². The van der Waals surface area contributed by atoms with Crippen LogP contribution in [0.2, 0.25) is 0 Å². The molecule has 6 nitrogen and oxygen atoms in total. The third kappa shape index (κ3) is 5.46. The first-order valence-corrected chi connectivity index (χ1v) is 7.10. The third-order valence-corrected chi connectivity index (χ3v) is 3.30. The van der Waals surface area contributed by atoms with Gasteiger partial charge < -0.3 is 20.9 Å². The van der Waals surface area contributed by atoms with Crippen molar-refractivity contribution in [3.8, 4) is 0 Å². The molecule has 0 aromatic rings. The lowest BCUT2D eigenvalue weighted by Crippen LogP contribution is -2.53. The minimum absolute atomic E-state index is 0.0356. The number of hydrogen-bond donors (Lipinski definition) is 2. The lowest BCUT2D eigenvalue weighted by atomic mass is 10.1. The van der Waals surface area contributed by atoms with Gasteiger partial charge in [-0.2, -0.15) is 0 Å². The van der Waals surface area contributed by atoms with Gasteiger partial charge in [0.25, 0.3) is 0 Å². The molecule has 0 aliphatic carbocycles. The maximum absolute atomic E-state index is 11.9. The lowest BCUT2D eigenvalue weighted by molar-refractivity contribution is -0.132. The number of rotatable bonds is 5. The Labute approximate surface area is 115 Å². The van der Waals surface area contributed by atoms with Crippen molar-refractivity contribution in [3.05, 3.63) is 0 Å². The third-order valence-electron chi connectivity index (χ3n) is 3.30. The maximum atomic E-state index is 11.9. The molecular formula is C13H26N4O2. The van der Waals surface area contributed by atoms with Crippen LogP contribution >= 0.6 is 0 Å². The molecule has 1 saturated heterocycles. The number of nitrogens with one attached hydrogen (secondary N) is 1. The zero-order chi connectivity index (χ0) is 14.3. The quantitative estimate of drug-likeness (QED) is 0.758. The van der Waals surface area contributed by atoms with Crippen LogP contribution < -0.4 is 11.1 Å². The Balaban J connectivity index is 2.25. The van der Waals surface area contributed by atoms with Crippen molar-refractivity contribution in [2.24, 2.45) is 5.73 Å². The number of urea groups is 1. The summed E-state index contributed by atoms with van der Waals surface area (Å²) in [5.41, 5.74) is 5.66. The molecular weight excluding hydrogens is 244 g/mol. The molecule has 19 heavy (non-hydrogen) atoms. The molecule has 0 aromatic carbocycles. The van der Waals surface area contributed by atoms with Crippen LogP contribution in [-0.4, -0.2) is 60.5 Å². The van der Waals surface area contributed by atoms with Crippen molar-refractivity contribution in [3.63, 3.8) is 0 Å². The van der Waals surface area contributed by atoms with E-state index in [4.69, 9.17) is 5.73 Å². The summed E-state index contributed by atoms with van der Waals surface area (Å²) in [6, 6.07) is 0.119. The molecule has 3 amide bonds. The maximum Gasteiger partial charge on any atom is 0.317 e. The van der Waals surface area contributed by atoms with E-state index in [1.807, 2.05) is 18.7 Å². The molecule has 0 aromatic heterocycles. The minimum Gasteiger partial charge on any atom is -0.339 e. The molecule has 6 heteroatoms. The fourth-order valence-corrected chi connectivity index (χ4v) is 2.16. The molecule has 110 valence electrons. The molecule has 3 N–H and O–H groups in total. The van der Waals surface area contributed by atoms with E-state index in [9.17, 15) is 9.59 Å². The van der Waals surface area contributed by atoms with Gasteiger partial charge in [-0.05, 0) is 26.7 Å². The number of nitrogens with zero attached hydrogens (tertiary/aromatic N) is 2. The normalized spacial score (nSPS) is 17.2. The van der Waals surface area contributed by atoms with Crippen LogP contribution in [0.15, 0.2) is 0 Å². The lowest BCUT2D eigenvalue weighted by Gasteiger charge is -2.34.